The van der Waals surface area contributed by atoms with Crippen LogP contribution in [0.5, 0.6) is 0 Å². The van der Waals surface area contributed by atoms with E-state index in [1.165, 1.54) is 0 Å². The number of esters is 1. The highest BCUT2D eigenvalue weighted by Crippen LogP contribution is 2.31. The van der Waals surface area contributed by atoms with Crippen molar-refractivity contribution in [3.05, 3.63) is 71.8 Å². The van der Waals surface area contributed by atoms with E-state index in [1.807, 2.05) is 73.0 Å². The van der Waals surface area contributed by atoms with Crippen LogP contribution in [0.15, 0.2) is 65.6 Å². The summed E-state index contributed by atoms with van der Waals surface area (Å²) in [5.41, 5.74) is 0.741. The first-order valence-corrected chi connectivity index (χ1v) is 10.2. The number of nitriles is 1. The fourth-order valence-electron chi connectivity index (χ4n) is 2.74. The van der Waals surface area contributed by atoms with Gasteiger partial charge >= 0.3 is 5.97 Å². The van der Waals surface area contributed by atoms with Gasteiger partial charge in [0.1, 0.15) is 0 Å². The van der Waals surface area contributed by atoms with Crippen molar-refractivity contribution in [2.45, 2.75) is 37.7 Å². The van der Waals surface area contributed by atoms with Crippen molar-refractivity contribution in [1.29, 1.82) is 5.26 Å². The molecule has 2 aromatic rings. The standard InChI is InChI=1S/C23H25NO2S/c1-18(2)26-22(25)23(17-24,15-7-10-19-8-5-4-6-9-19)16-20-11-13-21(27-3)14-12-20/h4-14,18H,15-16H2,1-3H3/b10-7+/t23-/m1/s1. The van der Waals surface area contributed by atoms with Crippen LogP contribution in [0.4, 0.5) is 0 Å². The largest absolute Gasteiger partial charge is 0.462 e. The van der Waals surface area contributed by atoms with E-state index in [0.29, 0.717) is 12.8 Å². The summed E-state index contributed by atoms with van der Waals surface area (Å²) in [6.45, 7) is 3.60. The Morgan fingerprint density at radius 1 is 1.19 bits per heavy atom. The Morgan fingerprint density at radius 3 is 2.41 bits per heavy atom. The topological polar surface area (TPSA) is 50.1 Å². The summed E-state index contributed by atoms with van der Waals surface area (Å²) in [7, 11) is 0. The molecule has 0 heterocycles. The molecular formula is C23H25NO2S. The van der Waals surface area contributed by atoms with Crippen LogP contribution in [0.3, 0.4) is 0 Å². The lowest BCUT2D eigenvalue weighted by Crippen LogP contribution is -2.35. The second-order valence-electron chi connectivity index (χ2n) is 6.69. The summed E-state index contributed by atoms with van der Waals surface area (Å²) < 4.78 is 5.43. The van der Waals surface area contributed by atoms with E-state index in [9.17, 15) is 10.1 Å². The maximum absolute atomic E-state index is 12.8. The van der Waals surface area contributed by atoms with Crippen molar-refractivity contribution >= 4 is 23.8 Å². The predicted molar refractivity (Wildman–Crippen MR) is 111 cm³/mol. The lowest BCUT2D eigenvalue weighted by Gasteiger charge is -2.25. The van der Waals surface area contributed by atoms with Gasteiger partial charge in [0, 0.05) is 11.3 Å². The monoisotopic (exact) mass is 379 g/mol. The summed E-state index contributed by atoms with van der Waals surface area (Å²) in [4.78, 5) is 13.9. The maximum atomic E-state index is 12.8. The van der Waals surface area contributed by atoms with Gasteiger partial charge in [0.25, 0.3) is 0 Å². The fourth-order valence-corrected chi connectivity index (χ4v) is 3.15. The average molecular weight is 380 g/mol. The van der Waals surface area contributed by atoms with E-state index in [1.54, 1.807) is 25.6 Å². The molecule has 4 heteroatoms. The molecule has 2 rings (SSSR count). The minimum Gasteiger partial charge on any atom is -0.462 e. The lowest BCUT2D eigenvalue weighted by molar-refractivity contribution is -0.156. The summed E-state index contributed by atoms with van der Waals surface area (Å²) in [5.74, 6) is -0.466. The SMILES string of the molecule is CSc1ccc(C[C@@](C#N)(C/C=C/c2ccccc2)C(=O)OC(C)C)cc1. The summed E-state index contributed by atoms with van der Waals surface area (Å²) in [6.07, 6.45) is 6.20. The first-order valence-electron chi connectivity index (χ1n) is 8.96. The molecule has 0 saturated heterocycles. The van der Waals surface area contributed by atoms with Crippen molar-refractivity contribution < 1.29 is 9.53 Å². The van der Waals surface area contributed by atoms with Gasteiger partial charge in [-0.25, -0.2) is 0 Å². The fraction of sp³-hybridized carbons (Fsp3) is 0.304. The Balaban J connectivity index is 2.26. The Bertz CT molecular complexity index is 807. The third-order valence-electron chi connectivity index (χ3n) is 4.19. The Labute approximate surface area is 166 Å². The van der Waals surface area contributed by atoms with Crippen LogP contribution in [-0.4, -0.2) is 18.3 Å². The number of hydrogen-bond acceptors (Lipinski definition) is 4. The van der Waals surface area contributed by atoms with Crippen molar-refractivity contribution in [2.24, 2.45) is 5.41 Å². The molecule has 0 unspecified atom stereocenters. The molecule has 140 valence electrons. The second-order valence-corrected chi connectivity index (χ2v) is 7.57. The number of hydrogen-bond donors (Lipinski definition) is 0. The maximum Gasteiger partial charge on any atom is 0.327 e. The number of nitrogens with zero attached hydrogens (tertiary/aromatic N) is 1. The quantitative estimate of drug-likeness (QED) is 0.448. The van der Waals surface area contributed by atoms with Gasteiger partial charge < -0.3 is 4.74 Å². The smallest absolute Gasteiger partial charge is 0.327 e. The molecule has 0 aliphatic rings. The number of carbonyl (C=O) groups is 1. The molecule has 2 aromatic carbocycles. The second kappa shape index (κ2) is 9.99. The molecule has 3 nitrogen and oxygen atoms in total. The van der Waals surface area contributed by atoms with Crippen molar-refractivity contribution in [3.63, 3.8) is 0 Å². The molecule has 0 amide bonds. The van der Waals surface area contributed by atoms with Gasteiger partial charge in [0.15, 0.2) is 5.41 Å². The van der Waals surface area contributed by atoms with Gasteiger partial charge in [-0.3, -0.25) is 4.79 Å². The van der Waals surface area contributed by atoms with Gasteiger partial charge in [-0.1, -0.05) is 54.6 Å². The Hall–Kier alpha value is -2.51. The molecule has 0 aliphatic carbocycles. The molecule has 0 fully saturated rings. The van der Waals surface area contributed by atoms with E-state index >= 15 is 0 Å². The number of ether oxygens (including phenoxy) is 1. The van der Waals surface area contributed by atoms with E-state index in [-0.39, 0.29) is 6.10 Å². The molecule has 0 bridgehead atoms. The van der Waals surface area contributed by atoms with Crippen LogP contribution in [0, 0.1) is 16.7 Å². The number of benzene rings is 2. The molecule has 0 saturated carbocycles. The van der Waals surface area contributed by atoms with Crippen molar-refractivity contribution in [3.8, 4) is 6.07 Å². The average Bonchev–Trinajstić information content (AvgIpc) is 2.68. The number of rotatable bonds is 8. The van der Waals surface area contributed by atoms with Gasteiger partial charge in [0.2, 0.25) is 0 Å². The molecule has 0 N–H and O–H groups in total. The minimum absolute atomic E-state index is 0.262. The number of thioether (sulfide) groups is 1. The van der Waals surface area contributed by atoms with E-state index < -0.39 is 11.4 Å². The number of carbonyl (C=O) groups excluding carboxylic acids is 1. The zero-order valence-corrected chi connectivity index (χ0v) is 16.8. The highest BCUT2D eigenvalue weighted by Gasteiger charge is 2.40. The van der Waals surface area contributed by atoms with Gasteiger partial charge in [-0.15, -0.1) is 11.8 Å². The normalized spacial score (nSPS) is 13.3. The lowest BCUT2D eigenvalue weighted by atomic mass is 9.79. The summed E-state index contributed by atoms with van der Waals surface area (Å²) in [5, 5.41) is 9.93. The zero-order chi connectivity index (χ0) is 19.7. The van der Waals surface area contributed by atoms with E-state index in [2.05, 4.69) is 6.07 Å². The molecule has 27 heavy (non-hydrogen) atoms. The molecule has 0 spiro atoms. The predicted octanol–water partition coefficient (Wildman–Crippen LogP) is 5.52. The van der Waals surface area contributed by atoms with Crippen molar-refractivity contribution in [1.82, 2.24) is 0 Å². The van der Waals surface area contributed by atoms with E-state index in [0.717, 1.165) is 16.0 Å². The van der Waals surface area contributed by atoms with Gasteiger partial charge in [-0.05, 0) is 49.8 Å². The van der Waals surface area contributed by atoms with Crippen molar-refractivity contribution in [2.75, 3.05) is 6.26 Å². The van der Waals surface area contributed by atoms with Gasteiger partial charge in [-0.2, -0.15) is 5.26 Å². The highest BCUT2D eigenvalue weighted by molar-refractivity contribution is 7.98. The third-order valence-corrected chi connectivity index (χ3v) is 4.93. The van der Waals surface area contributed by atoms with Crippen LogP contribution in [0.1, 0.15) is 31.4 Å². The van der Waals surface area contributed by atoms with Crippen LogP contribution >= 0.6 is 11.8 Å². The minimum atomic E-state index is -1.24. The van der Waals surface area contributed by atoms with Crippen LogP contribution in [0.25, 0.3) is 6.08 Å². The molecule has 0 aliphatic heterocycles. The highest BCUT2D eigenvalue weighted by atomic mass is 32.2. The Morgan fingerprint density at radius 2 is 1.85 bits per heavy atom. The van der Waals surface area contributed by atoms with E-state index in [4.69, 9.17) is 4.74 Å². The molecule has 0 aromatic heterocycles. The van der Waals surface area contributed by atoms with Crippen LogP contribution in [0.2, 0.25) is 0 Å². The third kappa shape index (κ3) is 6.01. The molecule has 1 atom stereocenters. The summed E-state index contributed by atoms with van der Waals surface area (Å²) in [6, 6.07) is 20.1. The molecular weight excluding hydrogens is 354 g/mol. The number of allylic oxidation sites excluding steroid dienone is 1. The first kappa shape index (κ1) is 20.8. The Kier molecular flexibility index (Phi) is 7.69. The zero-order valence-electron chi connectivity index (χ0n) is 16.0. The first-order chi connectivity index (χ1) is 13.0. The summed E-state index contributed by atoms with van der Waals surface area (Å²) >= 11 is 1.66. The van der Waals surface area contributed by atoms with Gasteiger partial charge in [0.05, 0.1) is 12.2 Å². The molecule has 0 radical (unpaired) electrons. The van der Waals surface area contributed by atoms with Crippen LogP contribution < -0.4 is 0 Å². The van der Waals surface area contributed by atoms with Crippen LogP contribution in [-0.2, 0) is 16.0 Å².